The van der Waals surface area contributed by atoms with E-state index >= 15 is 0 Å². The Labute approximate surface area is 166 Å². The molecule has 28 heavy (non-hydrogen) atoms. The molecule has 154 valence electrons. The van der Waals surface area contributed by atoms with Crippen LogP contribution in [0.15, 0.2) is 29.2 Å². The van der Waals surface area contributed by atoms with Gasteiger partial charge in [-0.05, 0) is 31.2 Å². The molecule has 0 aromatic heterocycles. The minimum atomic E-state index is -3.52. The Morgan fingerprint density at radius 3 is 2.18 bits per heavy atom. The lowest BCUT2D eigenvalue weighted by Crippen LogP contribution is -2.72. The maximum Gasteiger partial charge on any atom is 0.282 e. The Kier molecular flexibility index (Phi) is 5.45. The molecule has 9 heteroatoms. The largest absolute Gasteiger partial charge is 0.379 e. The Morgan fingerprint density at radius 1 is 1.04 bits per heavy atom. The number of ether oxygens (including phenoxy) is 1. The van der Waals surface area contributed by atoms with E-state index < -0.39 is 10.0 Å². The van der Waals surface area contributed by atoms with E-state index in [1.807, 2.05) is 6.92 Å². The molecule has 1 aromatic rings. The van der Waals surface area contributed by atoms with Gasteiger partial charge in [-0.3, -0.25) is 9.69 Å². The van der Waals surface area contributed by atoms with Crippen molar-refractivity contribution in [1.29, 1.82) is 0 Å². The monoisotopic (exact) mass is 409 g/mol. The van der Waals surface area contributed by atoms with Crippen LogP contribution in [0, 0.1) is 0 Å². The molecule has 4 fully saturated rings. The minimum absolute atomic E-state index is 0.000800. The molecule has 4 aliphatic rings. The molecule has 1 aromatic carbocycles. The molecule has 8 nitrogen and oxygen atoms in total. The van der Waals surface area contributed by atoms with Crippen molar-refractivity contribution in [3.63, 3.8) is 0 Å². The van der Waals surface area contributed by atoms with Gasteiger partial charge in [-0.25, -0.2) is 8.42 Å². The molecule has 0 spiro atoms. The number of carbonyl (C=O) groups is 1. The molecule has 0 saturated carbocycles. The number of piperazine rings is 3. The van der Waals surface area contributed by atoms with Crippen molar-refractivity contribution in [3.05, 3.63) is 24.3 Å². The van der Waals surface area contributed by atoms with E-state index in [1.165, 1.54) is 4.31 Å². The number of benzene rings is 1. The predicted molar refractivity (Wildman–Crippen MR) is 105 cm³/mol. The number of hydrogen-bond acceptors (Lipinski definition) is 5. The quantitative estimate of drug-likeness (QED) is 0.702. The Hall–Kier alpha value is -1.52. The molecule has 0 unspecified atom stereocenters. The Bertz CT molecular complexity index is 799. The second-order valence-corrected chi connectivity index (χ2v) is 9.87. The van der Waals surface area contributed by atoms with Crippen LogP contribution in [0.2, 0.25) is 0 Å². The van der Waals surface area contributed by atoms with Crippen LogP contribution >= 0.6 is 0 Å². The van der Waals surface area contributed by atoms with Gasteiger partial charge in [0.15, 0.2) is 6.04 Å². The van der Waals surface area contributed by atoms with E-state index in [4.69, 9.17) is 4.74 Å². The van der Waals surface area contributed by atoms with E-state index in [2.05, 4.69) is 10.2 Å². The number of nitrogens with zero attached hydrogens (tertiary/aromatic N) is 3. The van der Waals surface area contributed by atoms with Crippen LogP contribution in [-0.4, -0.2) is 99.6 Å². The zero-order valence-electron chi connectivity index (χ0n) is 16.3. The average Bonchev–Trinajstić information content (AvgIpc) is 2.75. The summed E-state index contributed by atoms with van der Waals surface area (Å²) in [5.41, 5.74) is 0.631. The fourth-order valence-electron chi connectivity index (χ4n) is 4.42. The first kappa shape index (κ1) is 19.8. The zero-order chi connectivity index (χ0) is 19.8. The molecular weight excluding hydrogens is 380 g/mol. The van der Waals surface area contributed by atoms with Crippen molar-refractivity contribution in [2.24, 2.45) is 0 Å². The number of nitrogens with one attached hydrogen (secondary N) is 1. The van der Waals surface area contributed by atoms with Gasteiger partial charge in [0.1, 0.15) is 0 Å². The van der Waals surface area contributed by atoms with Gasteiger partial charge in [0.05, 0.1) is 37.7 Å². The molecule has 4 aliphatic heterocycles. The number of sulfonamides is 1. The number of carbonyl (C=O) groups excluding carboxylic acids is 1. The zero-order valence-corrected chi connectivity index (χ0v) is 17.2. The molecular formula is C19H29N4O4S+. The normalized spacial score (nSPS) is 29.4. The van der Waals surface area contributed by atoms with Gasteiger partial charge in [-0.1, -0.05) is 0 Å². The van der Waals surface area contributed by atoms with Crippen molar-refractivity contribution < 1.29 is 22.4 Å². The Balaban J connectivity index is 1.42. The summed E-state index contributed by atoms with van der Waals surface area (Å²) >= 11 is 0. The van der Waals surface area contributed by atoms with Crippen LogP contribution in [-0.2, 0) is 19.6 Å². The van der Waals surface area contributed by atoms with Crippen LogP contribution in [0.3, 0.4) is 0 Å². The summed E-state index contributed by atoms with van der Waals surface area (Å²) in [5, 5.41) is 2.98. The van der Waals surface area contributed by atoms with Crippen LogP contribution < -0.4 is 5.32 Å². The number of fused-ring (bicyclic) bond motifs is 3. The van der Waals surface area contributed by atoms with Gasteiger partial charge in [-0.15, -0.1) is 0 Å². The first-order chi connectivity index (χ1) is 13.4. The number of amides is 1. The number of anilines is 1. The van der Waals surface area contributed by atoms with Crippen LogP contribution in [0.5, 0.6) is 0 Å². The van der Waals surface area contributed by atoms with Crippen molar-refractivity contribution in [2.45, 2.75) is 17.9 Å². The number of quaternary nitrogens is 1. The number of rotatable bonds is 5. The third-order valence-corrected chi connectivity index (χ3v) is 8.43. The molecule has 4 heterocycles. The lowest BCUT2D eigenvalue weighted by Gasteiger charge is -2.52. The van der Waals surface area contributed by atoms with E-state index in [-0.39, 0.29) is 16.8 Å². The average molecular weight is 410 g/mol. The summed E-state index contributed by atoms with van der Waals surface area (Å²) < 4.78 is 32.9. The van der Waals surface area contributed by atoms with Gasteiger partial charge < -0.3 is 14.5 Å². The smallest absolute Gasteiger partial charge is 0.282 e. The van der Waals surface area contributed by atoms with Gasteiger partial charge in [-0.2, -0.15) is 4.31 Å². The maximum absolute atomic E-state index is 12.8. The summed E-state index contributed by atoms with van der Waals surface area (Å²) in [6, 6.07) is 6.37. The number of morpholine rings is 1. The van der Waals surface area contributed by atoms with Crippen molar-refractivity contribution in [3.8, 4) is 0 Å². The first-order valence-corrected chi connectivity index (χ1v) is 11.4. The lowest BCUT2D eigenvalue weighted by atomic mass is 10.1. The van der Waals surface area contributed by atoms with Crippen molar-refractivity contribution in [1.82, 2.24) is 9.21 Å². The second-order valence-electron chi connectivity index (χ2n) is 7.94. The molecule has 1 amide bonds. The van der Waals surface area contributed by atoms with Crippen molar-refractivity contribution >= 4 is 21.6 Å². The SMILES string of the molecule is C[C@H](C(=O)Nc1ccc(S(=O)(=O)N2CCOCC2)cc1)[N+]12CCN(CC1)CC2. The van der Waals surface area contributed by atoms with E-state index in [9.17, 15) is 13.2 Å². The summed E-state index contributed by atoms with van der Waals surface area (Å²) in [5.74, 6) is -0.000800. The standard InChI is InChI=1S/C19H28N4O4S/c1-16(23-11-6-21(7-12-23)8-13-23)19(24)20-17-2-4-18(5-3-17)28(25,26)22-9-14-27-15-10-22/h2-5,16H,6-15H2,1H3/p+1/t16-/m1/s1. The fraction of sp³-hybridized carbons (Fsp3) is 0.632. The topological polar surface area (TPSA) is 79.0 Å². The highest BCUT2D eigenvalue weighted by atomic mass is 32.2. The molecule has 1 N–H and O–H groups in total. The van der Waals surface area contributed by atoms with Gasteiger partial charge in [0, 0.05) is 38.4 Å². The van der Waals surface area contributed by atoms with Crippen LogP contribution in [0.1, 0.15) is 6.92 Å². The molecule has 0 aliphatic carbocycles. The second kappa shape index (κ2) is 7.72. The van der Waals surface area contributed by atoms with Gasteiger partial charge in [0.25, 0.3) is 5.91 Å². The number of hydrogen-bond donors (Lipinski definition) is 1. The first-order valence-electron chi connectivity index (χ1n) is 9.98. The molecule has 0 radical (unpaired) electrons. The third-order valence-electron chi connectivity index (χ3n) is 6.52. The van der Waals surface area contributed by atoms with E-state index in [1.54, 1.807) is 24.3 Å². The molecule has 2 bridgehead atoms. The maximum atomic E-state index is 12.8. The Morgan fingerprint density at radius 2 is 1.61 bits per heavy atom. The van der Waals surface area contributed by atoms with Gasteiger partial charge in [0.2, 0.25) is 10.0 Å². The summed E-state index contributed by atoms with van der Waals surface area (Å²) in [6.45, 7) is 9.83. The molecule has 5 rings (SSSR count). The minimum Gasteiger partial charge on any atom is -0.379 e. The highest BCUT2D eigenvalue weighted by molar-refractivity contribution is 7.89. The summed E-state index contributed by atoms with van der Waals surface area (Å²) in [7, 11) is -3.52. The fourth-order valence-corrected chi connectivity index (χ4v) is 5.82. The van der Waals surface area contributed by atoms with Crippen molar-refractivity contribution in [2.75, 3.05) is 70.9 Å². The third kappa shape index (κ3) is 3.69. The highest BCUT2D eigenvalue weighted by Crippen LogP contribution is 2.25. The summed E-state index contributed by atoms with van der Waals surface area (Å²) in [6.07, 6.45) is 0. The molecule has 4 saturated heterocycles. The van der Waals surface area contributed by atoms with E-state index in [0.717, 1.165) is 43.8 Å². The van der Waals surface area contributed by atoms with Crippen LogP contribution in [0.4, 0.5) is 5.69 Å². The molecule has 1 atom stereocenters. The predicted octanol–water partition coefficient (Wildman–Crippen LogP) is 0.181. The lowest BCUT2D eigenvalue weighted by molar-refractivity contribution is -0.953. The van der Waals surface area contributed by atoms with Gasteiger partial charge >= 0.3 is 0 Å². The van der Waals surface area contributed by atoms with Crippen LogP contribution in [0.25, 0.3) is 0 Å². The van der Waals surface area contributed by atoms with E-state index in [0.29, 0.717) is 32.0 Å². The highest BCUT2D eigenvalue weighted by Gasteiger charge is 2.45. The summed E-state index contributed by atoms with van der Waals surface area (Å²) in [4.78, 5) is 15.5.